The number of piperidine rings is 1. The normalized spacial score (nSPS) is 15.2. The minimum atomic E-state index is 0.194. The Bertz CT molecular complexity index is 701. The van der Waals surface area contributed by atoms with Gasteiger partial charge in [-0.1, -0.05) is 55.0 Å². The Balaban J connectivity index is 1.42. The highest BCUT2D eigenvalue weighted by Gasteiger charge is 2.10. The number of ether oxygens (including phenoxy) is 1. The quantitative estimate of drug-likeness (QED) is 0.646. The minimum Gasteiger partial charge on any atom is -0.489 e. The average Bonchev–Trinajstić information content (AvgIpc) is 2.71. The summed E-state index contributed by atoms with van der Waals surface area (Å²) in [6.07, 6.45) is 8.05. The summed E-state index contributed by atoms with van der Waals surface area (Å²) in [5.41, 5.74) is 2.17. The lowest BCUT2D eigenvalue weighted by molar-refractivity contribution is -0.114. The van der Waals surface area contributed by atoms with Crippen molar-refractivity contribution in [2.75, 3.05) is 19.6 Å². The third-order valence-corrected chi connectivity index (χ3v) is 4.71. The van der Waals surface area contributed by atoms with Crippen LogP contribution in [0, 0.1) is 0 Å². The molecule has 0 atom stereocenters. The summed E-state index contributed by atoms with van der Waals surface area (Å²) < 4.78 is 5.78. The molecule has 0 radical (unpaired) electrons. The molecule has 1 saturated heterocycles. The second-order valence-corrected chi connectivity index (χ2v) is 6.80. The molecule has 0 amide bonds. The van der Waals surface area contributed by atoms with Gasteiger partial charge in [0.25, 0.3) is 0 Å². The summed E-state index contributed by atoms with van der Waals surface area (Å²) in [5.74, 6) is 1.03. The molecule has 1 heterocycles. The van der Waals surface area contributed by atoms with Gasteiger partial charge in [0.05, 0.1) is 0 Å². The van der Waals surface area contributed by atoms with Gasteiger partial charge in [-0.3, -0.25) is 4.79 Å². The van der Waals surface area contributed by atoms with E-state index in [1.807, 2.05) is 60.7 Å². The maximum absolute atomic E-state index is 12.0. The van der Waals surface area contributed by atoms with Crippen molar-refractivity contribution >= 4 is 11.9 Å². The Labute approximate surface area is 156 Å². The molecule has 3 heteroatoms. The lowest BCUT2D eigenvalue weighted by atomic mass is 10.1. The molecule has 136 valence electrons. The Morgan fingerprint density at radius 3 is 2.42 bits per heavy atom. The van der Waals surface area contributed by atoms with Crippen LogP contribution in [0.1, 0.15) is 36.8 Å². The number of nitrogens with zero attached hydrogens (tertiary/aromatic N) is 1. The maximum Gasteiger partial charge on any atom is 0.156 e. The Kier molecular flexibility index (Phi) is 7.03. The van der Waals surface area contributed by atoms with Crippen molar-refractivity contribution in [3.63, 3.8) is 0 Å². The largest absolute Gasteiger partial charge is 0.489 e. The van der Waals surface area contributed by atoms with Crippen molar-refractivity contribution < 1.29 is 9.53 Å². The molecule has 0 bridgehead atoms. The Hall–Kier alpha value is -2.39. The van der Waals surface area contributed by atoms with Gasteiger partial charge in [-0.25, -0.2) is 0 Å². The molecule has 0 unspecified atom stereocenters. The van der Waals surface area contributed by atoms with E-state index >= 15 is 0 Å². The van der Waals surface area contributed by atoms with E-state index in [1.165, 1.54) is 19.3 Å². The highest BCUT2D eigenvalue weighted by molar-refractivity contribution is 5.93. The third-order valence-electron chi connectivity index (χ3n) is 4.71. The zero-order valence-electron chi connectivity index (χ0n) is 15.3. The van der Waals surface area contributed by atoms with E-state index in [2.05, 4.69) is 4.90 Å². The van der Waals surface area contributed by atoms with Crippen LogP contribution < -0.4 is 4.74 Å². The summed E-state index contributed by atoms with van der Waals surface area (Å²) >= 11 is 0. The predicted octanol–water partition coefficient (Wildman–Crippen LogP) is 4.72. The van der Waals surface area contributed by atoms with E-state index in [-0.39, 0.29) is 5.78 Å². The first kappa shape index (κ1) is 18.4. The SMILES string of the molecule is O=C(C=Cc1ccc(OCc2ccccc2)cc1)CCN1CCCCC1. The zero-order chi connectivity index (χ0) is 18.0. The lowest BCUT2D eigenvalue weighted by Gasteiger charge is -2.25. The molecule has 0 aromatic heterocycles. The zero-order valence-corrected chi connectivity index (χ0v) is 15.3. The number of benzene rings is 2. The van der Waals surface area contributed by atoms with Gasteiger partial charge in [0.1, 0.15) is 12.4 Å². The van der Waals surface area contributed by atoms with Gasteiger partial charge in [0, 0.05) is 13.0 Å². The smallest absolute Gasteiger partial charge is 0.156 e. The van der Waals surface area contributed by atoms with Crippen LogP contribution in [0.5, 0.6) is 5.75 Å². The highest BCUT2D eigenvalue weighted by atomic mass is 16.5. The second-order valence-electron chi connectivity index (χ2n) is 6.80. The van der Waals surface area contributed by atoms with Crippen LogP contribution in [-0.4, -0.2) is 30.3 Å². The molecule has 3 nitrogen and oxygen atoms in total. The summed E-state index contributed by atoms with van der Waals surface area (Å²) in [7, 11) is 0. The van der Waals surface area contributed by atoms with Gasteiger partial charge in [-0.05, 0) is 55.3 Å². The fourth-order valence-electron chi connectivity index (χ4n) is 3.14. The standard InChI is InChI=1S/C23H27NO2/c25-22(15-18-24-16-5-2-6-17-24)12-9-20-10-13-23(14-11-20)26-19-21-7-3-1-4-8-21/h1,3-4,7-14H,2,5-6,15-19H2. The van der Waals surface area contributed by atoms with Gasteiger partial charge < -0.3 is 9.64 Å². The molecule has 0 N–H and O–H groups in total. The van der Waals surface area contributed by atoms with E-state index in [0.717, 1.165) is 36.5 Å². The lowest BCUT2D eigenvalue weighted by Crippen LogP contribution is -2.31. The van der Waals surface area contributed by atoms with Crippen molar-refractivity contribution in [2.24, 2.45) is 0 Å². The number of hydrogen-bond donors (Lipinski definition) is 0. The molecule has 0 spiro atoms. The summed E-state index contributed by atoms with van der Waals surface area (Å²) in [6.45, 7) is 3.73. The number of rotatable bonds is 8. The van der Waals surface area contributed by atoms with Gasteiger partial charge in [0.15, 0.2) is 5.78 Å². The van der Waals surface area contributed by atoms with Gasteiger partial charge in [-0.2, -0.15) is 0 Å². The van der Waals surface area contributed by atoms with Crippen LogP contribution in [-0.2, 0) is 11.4 Å². The third kappa shape index (κ3) is 6.16. The summed E-state index contributed by atoms with van der Waals surface area (Å²) in [4.78, 5) is 14.4. The number of likely N-dealkylation sites (tertiary alicyclic amines) is 1. The van der Waals surface area contributed by atoms with Crippen LogP contribution >= 0.6 is 0 Å². The van der Waals surface area contributed by atoms with E-state index in [1.54, 1.807) is 6.08 Å². The Morgan fingerprint density at radius 2 is 1.69 bits per heavy atom. The van der Waals surface area contributed by atoms with Crippen LogP contribution in [0.15, 0.2) is 60.7 Å². The van der Waals surface area contributed by atoms with Crippen molar-refractivity contribution in [1.82, 2.24) is 4.90 Å². The topological polar surface area (TPSA) is 29.5 Å². The van der Waals surface area contributed by atoms with E-state index < -0.39 is 0 Å². The monoisotopic (exact) mass is 349 g/mol. The fourth-order valence-corrected chi connectivity index (χ4v) is 3.14. The van der Waals surface area contributed by atoms with Gasteiger partial charge in [-0.15, -0.1) is 0 Å². The first-order valence-corrected chi connectivity index (χ1v) is 9.50. The van der Waals surface area contributed by atoms with Crippen LogP contribution in [0.2, 0.25) is 0 Å². The molecular weight excluding hydrogens is 322 g/mol. The first-order valence-electron chi connectivity index (χ1n) is 9.50. The van der Waals surface area contributed by atoms with E-state index in [9.17, 15) is 4.79 Å². The maximum atomic E-state index is 12.0. The van der Waals surface area contributed by atoms with Crippen LogP contribution in [0.4, 0.5) is 0 Å². The number of carbonyl (C=O) groups excluding carboxylic acids is 1. The van der Waals surface area contributed by atoms with E-state index in [0.29, 0.717) is 13.0 Å². The van der Waals surface area contributed by atoms with E-state index in [4.69, 9.17) is 4.74 Å². The molecule has 1 fully saturated rings. The molecular formula is C23H27NO2. The molecule has 1 aliphatic heterocycles. The average molecular weight is 349 g/mol. The molecule has 2 aromatic rings. The Morgan fingerprint density at radius 1 is 0.962 bits per heavy atom. The van der Waals surface area contributed by atoms with Crippen LogP contribution in [0.25, 0.3) is 6.08 Å². The molecule has 0 aliphatic carbocycles. The molecule has 0 saturated carbocycles. The number of allylic oxidation sites excluding steroid dienone is 1. The second kappa shape index (κ2) is 9.93. The summed E-state index contributed by atoms with van der Waals surface area (Å²) in [5, 5.41) is 0. The molecule has 3 rings (SSSR count). The minimum absolute atomic E-state index is 0.194. The van der Waals surface area contributed by atoms with Crippen molar-refractivity contribution in [2.45, 2.75) is 32.3 Å². The van der Waals surface area contributed by atoms with Gasteiger partial charge in [0.2, 0.25) is 0 Å². The highest BCUT2D eigenvalue weighted by Crippen LogP contribution is 2.15. The van der Waals surface area contributed by atoms with Crippen molar-refractivity contribution in [1.29, 1.82) is 0 Å². The fraction of sp³-hybridized carbons (Fsp3) is 0.348. The molecule has 26 heavy (non-hydrogen) atoms. The van der Waals surface area contributed by atoms with Crippen molar-refractivity contribution in [3.8, 4) is 5.75 Å². The number of ketones is 1. The number of hydrogen-bond acceptors (Lipinski definition) is 3. The number of carbonyl (C=O) groups is 1. The predicted molar refractivity (Wildman–Crippen MR) is 106 cm³/mol. The van der Waals surface area contributed by atoms with Crippen LogP contribution in [0.3, 0.4) is 0 Å². The van der Waals surface area contributed by atoms with Crippen molar-refractivity contribution in [3.05, 3.63) is 71.8 Å². The molecule has 2 aromatic carbocycles. The first-order chi connectivity index (χ1) is 12.8. The summed E-state index contributed by atoms with van der Waals surface area (Å²) in [6, 6.07) is 18.0. The van der Waals surface area contributed by atoms with Gasteiger partial charge >= 0.3 is 0 Å². The molecule has 1 aliphatic rings.